The lowest BCUT2D eigenvalue weighted by Crippen LogP contribution is -2.40. The zero-order chi connectivity index (χ0) is 57.2. The van der Waals surface area contributed by atoms with Gasteiger partial charge in [-0.2, -0.15) is 0 Å². The first-order valence-electron chi connectivity index (χ1n) is 30.2. The molecule has 0 radical (unpaired) electrons. The molecular weight excluding hydrogens is 1070 g/mol. The zero-order valence-electron chi connectivity index (χ0n) is 47.4. The van der Waals surface area contributed by atoms with Crippen LogP contribution in [0.4, 0.5) is 11.4 Å². The average Bonchev–Trinajstić information content (AvgIpc) is 1.81. The highest BCUT2D eigenvalue weighted by molar-refractivity contribution is 7.26. The van der Waals surface area contributed by atoms with Gasteiger partial charge in [-0.15, -0.1) is 11.3 Å². The molecule has 0 spiro atoms. The molecule has 408 valence electrons. The Bertz CT molecular complexity index is 5000. The number of nitrogens with zero attached hydrogens (tertiary/aromatic N) is 4. The highest BCUT2D eigenvalue weighted by Gasteiger charge is 2.50. The SMILES string of the molecule is C1=CCC2C(=C1)c1nc(-c3cccc(-c4cc(-c5ccccc5)cc(-c5ccccc5)c4)c3)nc(n1)-c1cccc3sc4ccc(cc4c13)C1=CC2C2C(=C1)c1ccccc1N2c1cccc2c1-c1ccccc1C2(c1ccccc1)c1ccccc1. The molecule has 18 rings (SSSR count). The van der Waals surface area contributed by atoms with Crippen LogP contribution in [0.25, 0.3) is 104 Å². The van der Waals surface area contributed by atoms with Crippen LogP contribution in [0.2, 0.25) is 0 Å². The highest BCUT2D eigenvalue weighted by atomic mass is 32.1. The van der Waals surface area contributed by atoms with Crippen molar-refractivity contribution >= 4 is 59.6 Å². The molecule has 0 N–H and O–H groups in total. The number of rotatable bonds is 7. The second-order valence-corrected chi connectivity index (χ2v) is 24.7. The molecule has 0 amide bonds. The maximum Gasteiger partial charge on any atom is 0.164 e. The molecule has 5 heteroatoms. The van der Waals surface area contributed by atoms with E-state index < -0.39 is 5.41 Å². The second kappa shape index (κ2) is 19.7. The van der Waals surface area contributed by atoms with E-state index in [0.717, 1.165) is 45.4 Å². The van der Waals surface area contributed by atoms with E-state index in [-0.39, 0.29) is 17.9 Å². The predicted octanol–water partition coefficient (Wildman–Crippen LogP) is 20.5. The average molecular weight is 1130 g/mol. The number of hydrogen-bond donors (Lipinski definition) is 0. The maximum absolute atomic E-state index is 5.69. The van der Waals surface area contributed by atoms with Gasteiger partial charge in [0.2, 0.25) is 0 Å². The van der Waals surface area contributed by atoms with Crippen molar-refractivity contribution in [1.29, 1.82) is 0 Å². The van der Waals surface area contributed by atoms with Gasteiger partial charge in [0.05, 0.1) is 11.5 Å². The summed E-state index contributed by atoms with van der Waals surface area (Å²) in [7, 11) is 0. The Balaban J connectivity index is 0.847. The molecule has 4 heterocycles. The van der Waals surface area contributed by atoms with Crippen LogP contribution < -0.4 is 4.90 Å². The Hall–Kier alpha value is -10.6. The van der Waals surface area contributed by atoms with Crippen LogP contribution >= 0.6 is 11.3 Å². The summed E-state index contributed by atoms with van der Waals surface area (Å²) >= 11 is 1.83. The van der Waals surface area contributed by atoms with Gasteiger partial charge in [0.15, 0.2) is 17.5 Å². The van der Waals surface area contributed by atoms with Gasteiger partial charge in [0.25, 0.3) is 0 Å². The van der Waals surface area contributed by atoms with Crippen molar-refractivity contribution in [2.45, 2.75) is 17.9 Å². The summed E-state index contributed by atoms with van der Waals surface area (Å²) in [5, 5.41) is 2.38. The Morgan fingerprint density at radius 1 is 0.414 bits per heavy atom. The Labute approximate surface area is 509 Å². The van der Waals surface area contributed by atoms with Crippen molar-refractivity contribution in [3.63, 3.8) is 0 Å². The number of aromatic nitrogens is 3. The van der Waals surface area contributed by atoms with Crippen molar-refractivity contribution in [2.75, 3.05) is 4.90 Å². The second-order valence-electron chi connectivity index (χ2n) is 23.7. The maximum atomic E-state index is 5.69. The molecule has 3 unspecified atom stereocenters. The standard InChI is InChI=1S/C82H54N4S/c1-5-22-51(23-6-1)56-45-57(52-24-7-2-8-25-52)47-58(46-56)53-26-19-27-55(44-53)79-83-80-64-34-14-13-32-62(64)67-49-59(54-42-43-74-69(48-54)76-66(81(84-79)85-80)36-20-41-75(76)87-74)50-68-63-33-16-18-39-72(63)86(78(67)68)73-40-21-38-71-77(73)65-35-15-17-37-70(65)82(71,60-28-9-3-10-29-60)61-30-11-4-12-31-61/h1-31,33-50,62,67,78H,32H2. The zero-order valence-corrected chi connectivity index (χ0v) is 48.2. The first-order chi connectivity index (χ1) is 43.1. The van der Waals surface area contributed by atoms with Crippen LogP contribution in [-0.2, 0) is 5.41 Å². The normalized spacial score (nSPS) is 17.3. The topological polar surface area (TPSA) is 41.9 Å². The molecule has 0 fully saturated rings. The summed E-state index contributed by atoms with van der Waals surface area (Å²) < 4.78 is 2.45. The lowest BCUT2D eigenvalue weighted by molar-refractivity contribution is 0.452. The van der Waals surface area contributed by atoms with Crippen LogP contribution in [0.5, 0.6) is 0 Å². The van der Waals surface area contributed by atoms with Crippen LogP contribution in [-0.4, -0.2) is 21.0 Å². The quantitative estimate of drug-likeness (QED) is 0.159. The van der Waals surface area contributed by atoms with Crippen LogP contribution in [0.1, 0.15) is 45.6 Å². The first kappa shape index (κ1) is 49.8. The van der Waals surface area contributed by atoms with E-state index in [4.69, 9.17) is 15.0 Å². The third-order valence-corrected chi connectivity index (χ3v) is 20.2. The largest absolute Gasteiger partial charge is 0.332 e. The fourth-order valence-electron chi connectivity index (χ4n) is 15.3. The molecular formula is C82H54N4S. The molecule has 4 nitrogen and oxygen atoms in total. The van der Waals surface area contributed by atoms with Crippen molar-refractivity contribution < 1.29 is 0 Å². The number of benzene rings is 11. The summed E-state index contributed by atoms with van der Waals surface area (Å²) in [5.41, 5.74) is 24.5. The van der Waals surface area contributed by atoms with Crippen molar-refractivity contribution in [2.24, 2.45) is 11.8 Å². The molecule has 0 saturated heterocycles. The molecule has 3 aliphatic carbocycles. The van der Waals surface area contributed by atoms with E-state index in [1.54, 1.807) is 0 Å². The summed E-state index contributed by atoms with van der Waals surface area (Å²) in [6.07, 6.45) is 12.8. The van der Waals surface area contributed by atoms with Gasteiger partial charge in [0.1, 0.15) is 0 Å². The molecule has 3 atom stereocenters. The van der Waals surface area contributed by atoms with Gasteiger partial charge in [0, 0.05) is 65.3 Å². The minimum absolute atomic E-state index is 0.0207. The van der Waals surface area contributed by atoms with E-state index >= 15 is 0 Å². The summed E-state index contributed by atoms with van der Waals surface area (Å²) in [5.74, 6) is 1.98. The number of hydrogen-bond acceptors (Lipinski definition) is 5. The van der Waals surface area contributed by atoms with Gasteiger partial charge >= 0.3 is 0 Å². The minimum atomic E-state index is -0.550. The number of para-hydroxylation sites is 1. The molecule has 2 aliphatic heterocycles. The first-order valence-corrected chi connectivity index (χ1v) is 31.1. The van der Waals surface area contributed by atoms with Crippen LogP contribution in [0.15, 0.2) is 297 Å². The van der Waals surface area contributed by atoms with Crippen molar-refractivity contribution in [3.8, 4) is 67.3 Å². The van der Waals surface area contributed by atoms with Crippen molar-refractivity contribution in [3.05, 3.63) is 337 Å². The Kier molecular flexibility index (Phi) is 11.3. The minimum Gasteiger partial charge on any atom is -0.332 e. The summed E-state index contributed by atoms with van der Waals surface area (Å²) in [6.45, 7) is 0. The number of anilines is 2. The molecule has 2 aromatic heterocycles. The van der Waals surface area contributed by atoms with Gasteiger partial charge < -0.3 is 4.90 Å². The third kappa shape index (κ3) is 7.72. The van der Waals surface area contributed by atoms with E-state index in [9.17, 15) is 0 Å². The molecule has 6 bridgehead atoms. The monoisotopic (exact) mass is 1130 g/mol. The van der Waals surface area contributed by atoms with E-state index in [0.29, 0.717) is 17.5 Å². The fraction of sp³-hybridized carbons (Fsp3) is 0.0610. The molecule has 5 aliphatic rings. The molecule has 0 saturated carbocycles. The van der Waals surface area contributed by atoms with E-state index in [1.807, 2.05) is 11.3 Å². The summed E-state index contributed by atoms with van der Waals surface area (Å²) in [6, 6.07) is 98.6. The lowest BCUT2D eigenvalue weighted by atomic mass is 9.67. The predicted molar refractivity (Wildman–Crippen MR) is 361 cm³/mol. The Morgan fingerprint density at radius 3 is 1.75 bits per heavy atom. The van der Waals surface area contributed by atoms with Crippen molar-refractivity contribution in [1.82, 2.24) is 15.0 Å². The fourth-order valence-corrected chi connectivity index (χ4v) is 16.4. The Morgan fingerprint density at radius 2 is 0.989 bits per heavy atom. The van der Waals surface area contributed by atoms with E-state index in [1.165, 1.54) is 98.3 Å². The number of allylic oxidation sites excluding steroid dienone is 6. The smallest absolute Gasteiger partial charge is 0.164 e. The number of thiophene rings is 1. The molecule has 87 heavy (non-hydrogen) atoms. The highest BCUT2D eigenvalue weighted by Crippen LogP contribution is 2.62. The summed E-state index contributed by atoms with van der Waals surface area (Å²) in [4.78, 5) is 19.7. The van der Waals surface area contributed by atoms with Crippen LogP contribution in [0.3, 0.4) is 0 Å². The van der Waals surface area contributed by atoms with Crippen LogP contribution in [0, 0.1) is 11.8 Å². The van der Waals surface area contributed by atoms with Gasteiger partial charge in [-0.05, 0) is 151 Å². The third-order valence-electron chi connectivity index (χ3n) is 19.1. The molecule has 13 aromatic rings. The van der Waals surface area contributed by atoms with Gasteiger partial charge in [-0.1, -0.05) is 237 Å². The molecule has 11 aromatic carbocycles. The van der Waals surface area contributed by atoms with Gasteiger partial charge in [-0.25, -0.2) is 15.0 Å². The van der Waals surface area contributed by atoms with Gasteiger partial charge in [-0.3, -0.25) is 0 Å². The number of fused-ring (bicyclic) bond motifs is 16. The van der Waals surface area contributed by atoms with E-state index in [2.05, 4.69) is 302 Å². The lowest BCUT2D eigenvalue weighted by Gasteiger charge is -2.41.